The first-order chi connectivity index (χ1) is 15.4. The number of amides is 1. The number of benzene rings is 2. The summed E-state index contributed by atoms with van der Waals surface area (Å²) in [6.07, 6.45) is 0.534. The fourth-order valence-electron chi connectivity index (χ4n) is 3.71. The molecule has 1 amide bonds. The van der Waals surface area contributed by atoms with Gasteiger partial charge in [-0.25, -0.2) is 14.1 Å². The lowest BCUT2D eigenvalue weighted by molar-refractivity contribution is 0.0734. The molecule has 0 saturated carbocycles. The zero-order valence-electron chi connectivity index (χ0n) is 17.2. The zero-order valence-corrected chi connectivity index (χ0v) is 18.7. The predicted octanol–water partition coefficient (Wildman–Crippen LogP) is 4.11. The Labute approximate surface area is 194 Å². The van der Waals surface area contributed by atoms with E-state index in [-0.39, 0.29) is 17.3 Å². The molecule has 0 spiro atoms. The molecule has 32 heavy (non-hydrogen) atoms. The zero-order chi connectivity index (χ0) is 22.8. The first kappa shape index (κ1) is 22.1. The number of nitrogens with zero attached hydrogens (tertiary/aromatic N) is 6. The highest BCUT2D eigenvalue weighted by Gasteiger charge is 2.28. The highest BCUT2D eigenvalue weighted by atomic mass is 35.5. The maximum Gasteiger partial charge on any atom is 0.293 e. The Bertz CT molecular complexity index is 1190. The summed E-state index contributed by atoms with van der Waals surface area (Å²) >= 11 is 12.6. The van der Waals surface area contributed by atoms with Crippen LogP contribution in [-0.4, -0.2) is 51.8 Å². The number of aryl methyl sites for hydroxylation is 1. The molecular weight excluding hydrogens is 454 g/mol. The summed E-state index contributed by atoms with van der Waals surface area (Å²) in [5, 5.41) is 14.5. The highest BCUT2D eigenvalue weighted by Crippen LogP contribution is 2.29. The fourth-order valence-corrected chi connectivity index (χ4v) is 4.27. The number of para-hydroxylation sites is 1. The van der Waals surface area contributed by atoms with Gasteiger partial charge in [0.05, 0.1) is 15.7 Å². The van der Waals surface area contributed by atoms with Crippen LogP contribution in [0.15, 0.2) is 36.4 Å². The molecule has 1 aromatic heterocycles. The van der Waals surface area contributed by atoms with E-state index < -0.39 is 5.82 Å². The molecule has 1 aliphatic heterocycles. The fraction of sp³-hybridized carbons (Fsp3) is 0.273. The third-order valence-corrected chi connectivity index (χ3v) is 5.95. The van der Waals surface area contributed by atoms with Gasteiger partial charge in [-0.2, -0.15) is 5.26 Å². The number of halogens is 3. The van der Waals surface area contributed by atoms with Gasteiger partial charge in [0, 0.05) is 32.6 Å². The van der Waals surface area contributed by atoms with Gasteiger partial charge in [-0.05, 0) is 24.3 Å². The molecule has 0 radical (unpaired) electrons. The van der Waals surface area contributed by atoms with Crippen LogP contribution in [0.1, 0.15) is 28.9 Å². The van der Waals surface area contributed by atoms with Crippen molar-refractivity contribution in [3.05, 3.63) is 69.5 Å². The van der Waals surface area contributed by atoms with Gasteiger partial charge < -0.3 is 9.80 Å². The monoisotopic (exact) mass is 472 g/mol. The van der Waals surface area contributed by atoms with Crippen LogP contribution >= 0.6 is 23.2 Å². The molecule has 1 aliphatic rings. The summed E-state index contributed by atoms with van der Waals surface area (Å²) in [4.78, 5) is 21.1. The summed E-state index contributed by atoms with van der Waals surface area (Å²) in [5.41, 5.74) is 1.03. The summed E-state index contributed by atoms with van der Waals surface area (Å²) < 4.78 is 15.5. The summed E-state index contributed by atoms with van der Waals surface area (Å²) in [6, 6.07) is 11.6. The van der Waals surface area contributed by atoms with Crippen LogP contribution in [0.3, 0.4) is 0 Å². The molecule has 0 bridgehead atoms. The van der Waals surface area contributed by atoms with Crippen molar-refractivity contribution in [2.45, 2.75) is 13.3 Å². The molecule has 164 valence electrons. The second kappa shape index (κ2) is 9.15. The van der Waals surface area contributed by atoms with E-state index in [4.69, 9.17) is 23.2 Å². The van der Waals surface area contributed by atoms with Gasteiger partial charge in [-0.1, -0.05) is 42.3 Å². The number of piperazine rings is 1. The Kier molecular flexibility index (Phi) is 6.31. The molecule has 0 unspecified atom stereocenters. The number of anilines is 1. The first-order valence-electron chi connectivity index (χ1n) is 10.1. The van der Waals surface area contributed by atoms with E-state index in [9.17, 15) is 14.4 Å². The van der Waals surface area contributed by atoms with Gasteiger partial charge in [0.1, 0.15) is 29.0 Å². The van der Waals surface area contributed by atoms with E-state index in [2.05, 4.69) is 10.1 Å². The molecule has 1 saturated heterocycles. The van der Waals surface area contributed by atoms with Gasteiger partial charge in [-0.3, -0.25) is 4.79 Å². The Morgan fingerprint density at radius 3 is 2.41 bits per heavy atom. The molecule has 10 heteroatoms. The molecule has 7 nitrogen and oxygen atoms in total. The predicted molar refractivity (Wildman–Crippen MR) is 120 cm³/mol. The Morgan fingerprint density at radius 2 is 1.78 bits per heavy atom. The van der Waals surface area contributed by atoms with Crippen LogP contribution in [0.25, 0.3) is 5.69 Å². The molecule has 0 atom stereocenters. The standard InChI is InChI=1S/C22H19Cl2FN6O/c1-2-19-27-21(28-31(19)20-15(23)5-3-6-16(20)24)22(32)30-11-9-29(10-12-30)18-8-4-7-17(25)14(18)13-26/h3-8H,2,9-12H2,1H3. The van der Waals surface area contributed by atoms with Crippen LogP contribution in [0.5, 0.6) is 0 Å². The smallest absolute Gasteiger partial charge is 0.293 e. The van der Waals surface area contributed by atoms with Crippen molar-refractivity contribution in [2.75, 3.05) is 31.1 Å². The number of carbonyl (C=O) groups excluding carboxylic acids is 1. The molecule has 2 aromatic carbocycles. The third kappa shape index (κ3) is 4.01. The lowest BCUT2D eigenvalue weighted by Gasteiger charge is -2.36. The number of nitriles is 1. The first-order valence-corrected chi connectivity index (χ1v) is 10.8. The van der Waals surface area contributed by atoms with Crippen LogP contribution in [0, 0.1) is 17.1 Å². The molecule has 0 aliphatic carbocycles. The maximum atomic E-state index is 14.0. The minimum absolute atomic E-state index is 0.0110. The number of hydrogen-bond acceptors (Lipinski definition) is 5. The average Bonchev–Trinajstić information content (AvgIpc) is 3.22. The van der Waals surface area contributed by atoms with Gasteiger partial charge in [0.2, 0.25) is 5.82 Å². The Balaban J connectivity index is 1.54. The van der Waals surface area contributed by atoms with E-state index >= 15 is 0 Å². The molecule has 3 aromatic rings. The third-order valence-electron chi connectivity index (χ3n) is 5.34. The van der Waals surface area contributed by atoms with Gasteiger partial charge in [-0.15, -0.1) is 5.10 Å². The van der Waals surface area contributed by atoms with Crippen molar-refractivity contribution in [1.29, 1.82) is 5.26 Å². The van der Waals surface area contributed by atoms with Crippen molar-refractivity contribution < 1.29 is 9.18 Å². The van der Waals surface area contributed by atoms with Crippen molar-refractivity contribution in [3.63, 3.8) is 0 Å². The lowest BCUT2D eigenvalue weighted by atomic mass is 10.1. The lowest BCUT2D eigenvalue weighted by Crippen LogP contribution is -2.49. The van der Waals surface area contributed by atoms with E-state index in [1.165, 1.54) is 10.7 Å². The Morgan fingerprint density at radius 1 is 1.12 bits per heavy atom. The van der Waals surface area contributed by atoms with Crippen molar-refractivity contribution in [3.8, 4) is 11.8 Å². The largest absolute Gasteiger partial charge is 0.367 e. The van der Waals surface area contributed by atoms with Gasteiger partial charge >= 0.3 is 0 Å². The molecule has 1 fully saturated rings. The van der Waals surface area contributed by atoms with Crippen LogP contribution in [0.4, 0.5) is 10.1 Å². The van der Waals surface area contributed by atoms with Crippen LogP contribution in [0.2, 0.25) is 10.0 Å². The average molecular weight is 473 g/mol. The number of rotatable bonds is 4. The molecular formula is C22H19Cl2FN6O. The molecule has 0 N–H and O–H groups in total. The summed E-state index contributed by atoms with van der Waals surface area (Å²) in [5.74, 6) is -0.222. The minimum atomic E-state index is -0.552. The SMILES string of the molecule is CCc1nc(C(=O)N2CCN(c3cccc(F)c3C#N)CC2)nn1-c1c(Cl)cccc1Cl. The van der Waals surface area contributed by atoms with E-state index in [1.807, 2.05) is 17.9 Å². The van der Waals surface area contributed by atoms with Crippen molar-refractivity contribution >= 4 is 34.8 Å². The summed E-state index contributed by atoms with van der Waals surface area (Å²) in [6.45, 7) is 3.61. The van der Waals surface area contributed by atoms with E-state index in [0.29, 0.717) is 59.8 Å². The number of carbonyl (C=O) groups is 1. The van der Waals surface area contributed by atoms with Gasteiger partial charge in [0.15, 0.2) is 0 Å². The molecule has 2 heterocycles. The normalized spacial score (nSPS) is 13.8. The van der Waals surface area contributed by atoms with Crippen molar-refractivity contribution in [2.24, 2.45) is 0 Å². The van der Waals surface area contributed by atoms with E-state index in [1.54, 1.807) is 35.2 Å². The van der Waals surface area contributed by atoms with Crippen LogP contribution < -0.4 is 4.90 Å². The minimum Gasteiger partial charge on any atom is -0.367 e. The van der Waals surface area contributed by atoms with Gasteiger partial charge in [0.25, 0.3) is 5.91 Å². The van der Waals surface area contributed by atoms with E-state index in [0.717, 1.165) is 0 Å². The number of aromatic nitrogens is 3. The topological polar surface area (TPSA) is 78.1 Å². The van der Waals surface area contributed by atoms with Crippen LogP contribution in [-0.2, 0) is 6.42 Å². The quantitative estimate of drug-likeness (QED) is 0.570. The Hall–Kier alpha value is -3.15. The second-order valence-corrected chi connectivity index (χ2v) is 8.03. The highest BCUT2D eigenvalue weighted by molar-refractivity contribution is 6.37. The summed E-state index contributed by atoms with van der Waals surface area (Å²) in [7, 11) is 0. The second-order valence-electron chi connectivity index (χ2n) is 7.21. The van der Waals surface area contributed by atoms with Crippen molar-refractivity contribution in [1.82, 2.24) is 19.7 Å². The number of hydrogen-bond donors (Lipinski definition) is 0. The maximum absolute atomic E-state index is 14.0. The molecule has 4 rings (SSSR count).